The zero-order chi connectivity index (χ0) is 9.90. The molecule has 0 atom stereocenters. The largest absolute Gasteiger partial charge is 1.00 e. The predicted molar refractivity (Wildman–Crippen MR) is 46.8 cm³/mol. The summed E-state index contributed by atoms with van der Waals surface area (Å²) in [7, 11) is 0. The zero-order valence-electron chi connectivity index (χ0n) is 7.68. The summed E-state index contributed by atoms with van der Waals surface area (Å²) in [6.45, 7) is -4.73. The van der Waals surface area contributed by atoms with Crippen molar-refractivity contribution in [3.8, 4) is 0 Å². The van der Waals surface area contributed by atoms with Gasteiger partial charge in [0.2, 0.25) is 0 Å². The number of aromatic nitrogens is 1. The van der Waals surface area contributed by atoms with Gasteiger partial charge in [0.15, 0.2) is 0 Å². The minimum absolute atomic E-state index is 0. The van der Waals surface area contributed by atoms with Gasteiger partial charge in [0, 0.05) is 6.20 Å². The Kier molecular flexibility index (Phi) is 6.93. The third kappa shape index (κ3) is 5.73. The van der Waals surface area contributed by atoms with Crippen LogP contribution in [0.2, 0.25) is 11.5 Å². The number of aryl methyl sites for hydroxylation is 1. The second-order valence-corrected chi connectivity index (χ2v) is 3.06. The van der Waals surface area contributed by atoms with Crippen LogP contribution in [0.3, 0.4) is 0 Å². The molecule has 0 N–H and O–H groups in total. The van der Waals surface area contributed by atoms with Crippen LogP contribution in [0.5, 0.6) is 0 Å². The summed E-state index contributed by atoms with van der Waals surface area (Å²) in [6.07, 6.45) is 0.562. The molecule has 1 nitrogen and oxygen atoms in total. The quantitative estimate of drug-likeness (QED) is 0.547. The first-order valence-corrected chi connectivity index (χ1v) is 4.17. The Morgan fingerprint density at radius 3 is 2.50 bits per heavy atom. The fraction of sp³-hybridized carbons (Fsp3) is 0.286. The minimum atomic E-state index is -4.73. The fourth-order valence-corrected chi connectivity index (χ4v) is 1.14. The molecule has 0 saturated heterocycles. The van der Waals surface area contributed by atoms with Crippen LogP contribution < -0.4 is 51.4 Å². The first-order valence-electron chi connectivity index (χ1n) is 3.79. The molecule has 72 valence electrons. The number of rotatable bonds is 3. The van der Waals surface area contributed by atoms with Crippen molar-refractivity contribution in [1.29, 1.82) is 0 Å². The van der Waals surface area contributed by atoms with E-state index < -0.39 is 13.3 Å². The van der Waals surface area contributed by atoms with Crippen molar-refractivity contribution in [1.82, 2.24) is 4.98 Å². The molecule has 7 heteroatoms. The van der Waals surface area contributed by atoms with Gasteiger partial charge in [-0.15, -0.1) is 0 Å². The van der Waals surface area contributed by atoms with E-state index in [1.165, 1.54) is 6.20 Å². The van der Waals surface area contributed by atoms with E-state index in [0.717, 1.165) is 0 Å². The van der Waals surface area contributed by atoms with Gasteiger partial charge in [-0.1, -0.05) is 24.0 Å². The van der Waals surface area contributed by atoms with Gasteiger partial charge in [0.25, 0.3) is 0 Å². The van der Waals surface area contributed by atoms with Gasteiger partial charge >= 0.3 is 58.4 Å². The van der Waals surface area contributed by atoms with Gasteiger partial charge in [0.05, 0.1) is 0 Å². The summed E-state index contributed by atoms with van der Waals surface area (Å²) >= 11 is 5.58. The van der Waals surface area contributed by atoms with Gasteiger partial charge in [-0.25, -0.2) is 4.98 Å². The van der Waals surface area contributed by atoms with Crippen LogP contribution in [0, 0.1) is 0 Å². The average molecular weight is 247 g/mol. The van der Waals surface area contributed by atoms with E-state index in [-0.39, 0.29) is 63.0 Å². The number of nitrogens with zero attached hydrogens (tertiary/aromatic N) is 1. The molecule has 0 fully saturated rings. The van der Waals surface area contributed by atoms with Crippen LogP contribution in [-0.2, 0) is 6.42 Å². The summed E-state index contributed by atoms with van der Waals surface area (Å²) in [5.74, 6) is 0. The van der Waals surface area contributed by atoms with Gasteiger partial charge in [-0.2, -0.15) is 0 Å². The molecule has 0 aliphatic heterocycles. The molecule has 0 spiro atoms. The third-order valence-corrected chi connectivity index (χ3v) is 1.92. The van der Waals surface area contributed by atoms with Crippen molar-refractivity contribution in [2.24, 2.45) is 0 Å². The molecule has 0 aliphatic rings. The SMILES string of the molecule is F[B-](F)(F)CCc1cccnc1Cl.[K+]. The normalized spacial score (nSPS) is 10.9. The zero-order valence-corrected chi connectivity index (χ0v) is 11.6. The van der Waals surface area contributed by atoms with Crippen LogP contribution >= 0.6 is 11.6 Å². The number of hydrogen-bond acceptors (Lipinski definition) is 1. The fourth-order valence-electron chi connectivity index (χ4n) is 0.925. The third-order valence-electron chi connectivity index (χ3n) is 1.58. The second-order valence-electron chi connectivity index (χ2n) is 2.70. The molecule has 0 unspecified atom stereocenters. The van der Waals surface area contributed by atoms with Gasteiger partial charge in [0.1, 0.15) is 5.15 Å². The van der Waals surface area contributed by atoms with E-state index >= 15 is 0 Å². The van der Waals surface area contributed by atoms with E-state index in [0.29, 0.717) is 5.56 Å². The average Bonchev–Trinajstić information content (AvgIpc) is 2.01. The van der Waals surface area contributed by atoms with Crippen molar-refractivity contribution in [3.63, 3.8) is 0 Å². The molecule has 1 aromatic heterocycles. The van der Waals surface area contributed by atoms with Gasteiger partial charge < -0.3 is 12.9 Å². The Hall–Kier alpha value is 0.931. The number of halogens is 4. The van der Waals surface area contributed by atoms with Crippen LogP contribution in [0.1, 0.15) is 5.56 Å². The molecule has 1 rings (SSSR count). The van der Waals surface area contributed by atoms with Crippen molar-refractivity contribution >= 4 is 18.6 Å². The summed E-state index contributed by atoms with van der Waals surface area (Å²) < 4.78 is 35.6. The van der Waals surface area contributed by atoms with Gasteiger partial charge in [-0.3, -0.25) is 0 Å². The molecule has 0 aliphatic carbocycles. The van der Waals surface area contributed by atoms with Crippen molar-refractivity contribution in [3.05, 3.63) is 29.0 Å². The maximum absolute atomic E-state index is 11.9. The standard InChI is InChI=1S/C7H7BClF3N.K/c9-7-6(2-1-5-13-7)3-4-8(10,11)12;/h1-2,5H,3-4H2;/q-1;+1. The second kappa shape index (κ2) is 6.50. The first kappa shape index (κ1) is 14.9. The molecule has 0 radical (unpaired) electrons. The van der Waals surface area contributed by atoms with Crippen LogP contribution in [0.4, 0.5) is 12.9 Å². The molecule has 14 heavy (non-hydrogen) atoms. The Balaban J connectivity index is 0.00000169. The monoisotopic (exact) mass is 247 g/mol. The van der Waals surface area contributed by atoms with Crippen molar-refractivity contribution in [2.75, 3.05) is 0 Å². The van der Waals surface area contributed by atoms with E-state index in [4.69, 9.17) is 11.6 Å². The molecular formula is C7H7BClF3KN. The Bertz CT molecular complexity index is 295. The molecule has 0 aromatic carbocycles. The van der Waals surface area contributed by atoms with E-state index in [2.05, 4.69) is 4.98 Å². The Morgan fingerprint density at radius 2 is 2.00 bits per heavy atom. The Morgan fingerprint density at radius 1 is 1.36 bits per heavy atom. The Labute approximate surface area is 128 Å². The molecule has 1 heterocycles. The molecule has 1 aromatic rings. The predicted octanol–water partition coefficient (Wildman–Crippen LogP) is 0.129. The molecule has 0 saturated carbocycles. The summed E-state index contributed by atoms with van der Waals surface area (Å²) in [5, 5.41) is 0.155. The number of hydrogen-bond donors (Lipinski definition) is 0. The van der Waals surface area contributed by atoms with E-state index in [9.17, 15) is 12.9 Å². The van der Waals surface area contributed by atoms with Crippen LogP contribution in [0.25, 0.3) is 0 Å². The molecule has 0 bridgehead atoms. The van der Waals surface area contributed by atoms with Crippen LogP contribution in [-0.4, -0.2) is 12.0 Å². The van der Waals surface area contributed by atoms with Crippen molar-refractivity contribution in [2.45, 2.75) is 12.7 Å². The smallest absolute Gasteiger partial charge is 0.449 e. The summed E-state index contributed by atoms with van der Waals surface area (Å²) in [4.78, 5) is 3.68. The first-order chi connectivity index (χ1) is 5.99. The summed E-state index contributed by atoms with van der Waals surface area (Å²) in [6, 6.07) is 3.13. The molecular weight excluding hydrogens is 240 g/mol. The number of pyridine rings is 1. The maximum Gasteiger partial charge on any atom is 1.00 e. The van der Waals surface area contributed by atoms with Crippen molar-refractivity contribution < 1.29 is 64.3 Å². The van der Waals surface area contributed by atoms with Gasteiger partial charge in [-0.05, 0) is 18.1 Å². The molecule has 0 amide bonds. The topological polar surface area (TPSA) is 12.9 Å². The van der Waals surface area contributed by atoms with E-state index in [1.54, 1.807) is 12.1 Å². The van der Waals surface area contributed by atoms with Crippen LogP contribution in [0.15, 0.2) is 18.3 Å². The maximum atomic E-state index is 11.9. The summed E-state index contributed by atoms with van der Waals surface area (Å²) in [5.41, 5.74) is 0.448. The minimum Gasteiger partial charge on any atom is -0.449 e. The van der Waals surface area contributed by atoms with E-state index in [1.807, 2.05) is 0 Å².